The number of rotatable bonds is 3. The predicted molar refractivity (Wildman–Crippen MR) is 66.5 cm³/mol. The summed E-state index contributed by atoms with van der Waals surface area (Å²) >= 11 is 0. The van der Waals surface area contributed by atoms with Gasteiger partial charge in [-0.25, -0.2) is 4.98 Å². The molecule has 1 saturated heterocycles. The maximum Gasteiger partial charge on any atom is 0.159 e. The third-order valence-corrected chi connectivity index (χ3v) is 3.15. The van der Waals surface area contributed by atoms with Crippen molar-refractivity contribution < 1.29 is 9.53 Å². The van der Waals surface area contributed by atoms with Gasteiger partial charge in [0, 0.05) is 18.3 Å². The Balaban J connectivity index is 2.25. The number of morpholine rings is 1. The highest BCUT2D eigenvalue weighted by atomic mass is 16.5. The number of carbonyl (C=O) groups is 1. The van der Waals surface area contributed by atoms with Gasteiger partial charge in [0.1, 0.15) is 5.82 Å². The maximum atomic E-state index is 11.4. The van der Waals surface area contributed by atoms with Crippen LogP contribution < -0.4 is 4.90 Å². The maximum absolute atomic E-state index is 11.4. The Labute approximate surface area is 102 Å². The SMILES string of the molecule is CCC1COCCN1c1cc(C(C)=O)ccn1. The van der Waals surface area contributed by atoms with E-state index in [0.29, 0.717) is 6.04 Å². The van der Waals surface area contributed by atoms with Gasteiger partial charge < -0.3 is 9.64 Å². The third kappa shape index (κ3) is 2.64. The first-order valence-electron chi connectivity index (χ1n) is 6.03. The number of hydrogen-bond acceptors (Lipinski definition) is 4. The van der Waals surface area contributed by atoms with E-state index in [4.69, 9.17) is 4.74 Å². The van der Waals surface area contributed by atoms with Gasteiger partial charge in [0.15, 0.2) is 5.78 Å². The van der Waals surface area contributed by atoms with Crippen molar-refractivity contribution in [2.75, 3.05) is 24.7 Å². The molecular formula is C13H18N2O2. The number of ketones is 1. The molecule has 17 heavy (non-hydrogen) atoms. The van der Waals surface area contributed by atoms with Crippen LogP contribution >= 0.6 is 0 Å². The molecule has 1 aliphatic heterocycles. The van der Waals surface area contributed by atoms with Gasteiger partial charge in [0.05, 0.1) is 19.3 Å². The molecule has 0 aromatic carbocycles. The average Bonchev–Trinajstić information content (AvgIpc) is 2.39. The van der Waals surface area contributed by atoms with Gasteiger partial charge >= 0.3 is 0 Å². The van der Waals surface area contributed by atoms with E-state index in [0.717, 1.165) is 37.6 Å². The van der Waals surface area contributed by atoms with Crippen LogP contribution in [0.5, 0.6) is 0 Å². The Morgan fingerprint density at radius 2 is 2.47 bits per heavy atom. The van der Waals surface area contributed by atoms with Crippen LogP contribution in [-0.4, -0.2) is 36.6 Å². The summed E-state index contributed by atoms with van der Waals surface area (Å²) in [5.74, 6) is 0.961. The molecule has 4 nitrogen and oxygen atoms in total. The lowest BCUT2D eigenvalue weighted by Crippen LogP contribution is -2.45. The molecule has 0 radical (unpaired) electrons. The van der Waals surface area contributed by atoms with Crippen molar-refractivity contribution in [3.63, 3.8) is 0 Å². The minimum absolute atomic E-state index is 0.0787. The van der Waals surface area contributed by atoms with E-state index in [1.807, 2.05) is 6.07 Å². The molecule has 2 heterocycles. The summed E-state index contributed by atoms with van der Waals surface area (Å²) in [6.45, 7) is 6.02. The van der Waals surface area contributed by atoms with Gasteiger partial charge in [-0.1, -0.05) is 6.92 Å². The molecular weight excluding hydrogens is 216 g/mol. The second-order valence-electron chi connectivity index (χ2n) is 4.29. The molecule has 1 aromatic rings. The monoisotopic (exact) mass is 234 g/mol. The second-order valence-corrected chi connectivity index (χ2v) is 4.29. The lowest BCUT2D eigenvalue weighted by molar-refractivity contribution is 0.0925. The molecule has 4 heteroatoms. The zero-order valence-electron chi connectivity index (χ0n) is 10.3. The van der Waals surface area contributed by atoms with Crippen molar-refractivity contribution in [2.45, 2.75) is 26.3 Å². The van der Waals surface area contributed by atoms with Crippen LogP contribution in [0.2, 0.25) is 0 Å². The fourth-order valence-electron chi connectivity index (χ4n) is 2.09. The lowest BCUT2D eigenvalue weighted by atomic mass is 10.1. The molecule has 92 valence electrons. The van der Waals surface area contributed by atoms with Crippen LogP contribution in [-0.2, 0) is 4.74 Å². The molecule has 0 aliphatic carbocycles. The number of pyridine rings is 1. The first-order valence-corrected chi connectivity index (χ1v) is 6.03. The third-order valence-electron chi connectivity index (χ3n) is 3.15. The standard InChI is InChI=1S/C13H18N2O2/c1-3-12-9-17-7-6-15(12)13-8-11(10(2)16)4-5-14-13/h4-5,8,12H,3,6-7,9H2,1-2H3. The zero-order chi connectivity index (χ0) is 12.3. The average molecular weight is 234 g/mol. The Morgan fingerprint density at radius 3 is 3.18 bits per heavy atom. The largest absolute Gasteiger partial charge is 0.377 e. The predicted octanol–water partition coefficient (Wildman–Crippen LogP) is 1.90. The second kappa shape index (κ2) is 5.27. The first-order chi connectivity index (χ1) is 8.22. The number of Topliss-reactive ketones (excluding diaryl/α,β-unsaturated/α-hetero) is 1. The molecule has 1 aromatic heterocycles. The molecule has 1 aliphatic rings. The van der Waals surface area contributed by atoms with Gasteiger partial charge in [0.25, 0.3) is 0 Å². The summed E-state index contributed by atoms with van der Waals surface area (Å²) in [5.41, 5.74) is 0.719. The topological polar surface area (TPSA) is 42.4 Å². The highest BCUT2D eigenvalue weighted by molar-refractivity contribution is 5.94. The quantitative estimate of drug-likeness (QED) is 0.749. The zero-order valence-corrected chi connectivity index (χ0v) is 10.3. The van der Waals surface area contributed by atoms with E-state index in [9.17, 15) is 4.79 Å². The van der Waals surface area contributed by atoms with E-state index in [1.165, 1.54) is 0 Å². The molecule has 1 fully saturated rings. The molecule has 0 N–H and O–H groups in total. The van der Waals surface area contributed by atoms with Gasteiger partial charge in [-0.3, -0.25) is 4.79 Å². The van der Waals surface area contributed by atoms with Crippen LogP contribution in [0.4, 0.5) is 5.82 Å². The van der Waals surface area contributed by atoms with E-state index in [1.54, 1.807) is 19.2 Å². The fraction of sp³-hybridized carbons (Fsp3) is 0.538. The molecule has 1 unspecified atom stereocenters. The van der Waals surface area contributed by atoms with Crippen molar-refractivity contribution in [3.05, 3.63) is 23.9 Å². The van der Waals surface area contributed by atoms with Gasteiger partial charge in [-0.2, -0.15) is 0 Å². The summed E-state index contributed by atoms with van der Waals surface area (Å²) in [6.07, 6.45) is 2.72. The van der Waals surface area contributed by atoms with E-state index in [2.05, 4.69) is 16.8 Å². The summed E-state index contributed by atoms with van der Waals surface area (Å²) in [5, 5.41) is 0. The number of nitrogens with zero attached hydrogens (tertiary/aromatic N) is 2. The highest BCUT2D eigenvalue weighted by Crippen LogP contribution is 2.20. The van der Waals surface area contributed by atoms with E-state index in [-0.39, 0.29) is 5.78 Å². The first kappa shape index (κ1) is 12.0. The van der Waals surface area contributed by atoms with Gasteiger partial charge in [0.2, 0.25) is 0 Å². The van der Waals surface area contributed by atoms with Gasteiger partial charge in [-0.15, -0.1) is 0 Å². The normalized spacial score (nSPS) is 20.4. The minimum Gasteiger partial charge on any atom is -0.377 e. The lowest BCUT2D eigenvalue weighted by Gasteiger charge is -2.36. The van der Waals surface area contributed by atoms with Crippen LogP contribution in [0.3, 0.4) is 0 Å². The number of ether oxygens (including phenoxy) is 1. The molecule has 0 bridgehead atoms. The summed E-state index contributed by atoms with van der Waals surface area (Å²) in [7, 11) is 0. The van der Waals surface area contributed by atoms with Crippen LogP contribution in [0, 0.1) is 0 Å². The van der Waals surface area contributed by atoms with Crippen LogP contribution in [0.25, 0.3) is 0 Å². The summed E-state index contributed by atoms with van der Waals surface area (Å²) in [6, 6.07) is 3.99. The van der Waals surface area contributed by atoms with Gasteiger partial charge in [-0.05, 0) is 25.5 Å². The van der Waals surface area contributed by atoms with Crippen LogP contribution in [0.1, 0.15) is 30.6 Å². The molecule has 1 atom stereocenters. The Kier molecular flexibility index (Phi) is 3.74. The summed E-state index contributed by atoms with van der Waals surface area (Å²) in [4.78, 5) is 18.0. The van der Waals surface area contributed by atoms with E-state index < -0.39 is 0 Å². The van der Waals surface area contributed by atoms with Crippen molar-refractivity contribution in [2.24, 2.45) is 0 Å². The van der Waals surface area contributed by atoms with Crippen LogP contribution in [0.15, 0.2) is 18.3 Å². The van der Waals surface area contributed by atoms with Crippen molar-refractivity contribution in [1.29, 1.82) is 0 Å². The molecule has 0 saturated carbocycles. The van der Waals surface area contributed by atoms with E-state index >= 15 is 0 Å². The Hall–Kier alpha value is -1.42. The number of aromatic nitrogens is 1. The van der Waals surface area contributed by atoms with Crippen molar-refractivity contribution >= 4 is 11.6 Å². The number of hydrogen-bond donors (Lipinski definition) is 0. The molecule has 0 amide bonds. The molecule has 2 rings (SSSR count). The Morgan fingerprint density at radius 1 is 1.65 bits per heavy atom. The number of carbonyl (C=O) groups excluding carboxylic acids is 1. The highest BCUT2D eigenvalue weighted by Gasteiger charge is 2.22. The smallest absolute Gasteiger partial charge is 0.159 e. The fourth-order valence-corrected chi connectivity index (χ4v) is 2.09. The Bertz CT molecular complexity index is 406. The number of anilines is 1. The van der Waals surface area contributed by atoms with Crippen molar-refractivity contribution in [3.8, 4) is 0 Å². The van der Waals surface area contributed by atoms with Crippen molar-refractivity contribution in [1.82, 2.24) is 4.98 Å². The summed E-state index contributed by atoms with van der Waals surface area (Å²) < 4.78 is 5.47. The molecule has 0 spiro atoms. The minimum atomic E-state index is 0.0787.